The molecule has 0 aliphatic heterocycles. The number of nitrogens with one attached hydrogen (secondary N) is 1. The standard InChI is InChI=1S/C20H14FNO4/c21-15-3-1-2-14(12-15)19(23)22-16-6-10-18(11-7-16)26-17-8-4-13(5-9-17)20(24)25/h1-12H,(H,22,23)(H,24,25). The van der Waals surface area contributed by atoms with Crippen molar-refractivity contribution in [1.82, 2.24) is 0 Å². The minimum Gasteiger partial charge on any atom is -0.478 e. The molecule has 3 aromatic carbocycles. The summed E-state index contributed by atoms with van der Waals surface area (Å²) in [6.45, 7) is 0. The quantitative estimate of drug-likeness (QED) is 0.706. The molecule has 0 unspecified atom stereocenters. The average molecular weight is 351 g/mol. The number of halogens is 1. The van der Waals surface area contributed by atoms with Crippen molar-refractivity contribution in [2.75, 3.05) is 5.32 Å². The Labute approximate surface area is 148 Å². The van der Waals surface area contributed by atoms with E-state index in [1.807, 2.05) is 0 Å². The number of carboxylic acid groups (broad SMARTS) is 1. The lowest BCUT2D eigenvalue weighted by Crippen LogP contribution is -2.11. The van der Waals surface area contributed by atoms with Crippen molar-refractivity contribution in [3.8, 4) is 11.5 Å². The van der Waals surface area contributed by atoms with E-state index >= 15 is 0 Å². The molecular weight excluding hydrogens is 337 g/mol. The van der Waals surface area contributed by atoms with Gasteiger partial charge in [-0.3, -0.25) is 4.79 Å². The highest BCUT2D eigenvalue weighted by Crippen LogP contribution is 2.23. The van der Waals surface area contributed by atoms with Crippen LogP contribution < -0.4 is 10.1 Å². The van der Waals surface area contributed by atoms with Crippen LogP contribution in [0.2, 0.25) is 0 Å². The molecule has 0 aromatic heterocycles. The third-order valence-electron chi connectivity index (χ3n) is 3.54. The van der Waals surface area contributed by atoms with Crippen LogP contribution in [0.25, 0.3) is 0 Å². The van der Waals surface area contributed by atoms with Gasteiger partial charge in [-0.15, -0.1) is 0 Å². The largest absolute Gasteiger partial charge is 0.478 e. The molecule has 1 amide bonds. The van der Waals surface area contributed by atoms with Gasteiger partial charge in [0.2, 0.25) is 0 Å². The summed E-state index contributed by atoms with van der Waals surface area (Å²) in [6, 6.07) is 18.1. The molecule has 26 heavy (non-hydrogen) atoms. The zero-order valence-electron chi connectivity index (χ0n) is 13.5. The number of benzene rings is 3. The SMILES string of the molecule is O=C(O)c1ccc(Oc2ccc(NC(=O)c3cccc(F)c3)cc2)cc1. The molecule has 0 aliphatic carbocycles. The first-order valence-corrected chi connectivity index (χ1v) is 7.69. The van der Waals surface area contributed by atoms with Gasteiger partial charge in [0.25, 0.3) is 5.91 Å². The zero-order valence-corrected chi connectivity index (χ0v) is 13.5. The van der Waals surface area contributed by atoms with Crippen molar-refractivity contribution in [3.63, 3.8) is 0 Å². The van der Waals surface area contributed by atoms with Gasteiger partial charge in [0.05, 0.1) is 5.56 Å². The lowest BCUT2D eigenvalue weighted by molar-refractivity contribution is 0.0696. The van der Waals surface area contributed by atoms with E-state index in [1.54, 1.807) is 36.4 Å². The van der Waals surface area contributed by atoms with Crippen molar-refractivity contribution >= 4 is 17.6 Å². The second-order valence-corrected chi connectivity index (χ2v) is 5.42. The van der Waals surface area contributed by atoms with Crippen LogP contribution in [0.15, 0.2) is 72.8 Å². The molecule has 0 fully saturated rings. The Balaban J connectivity index is 1.64. The van der Waals surface area contributed by atoms with E-state index in [-0.39, 0.29) is 11.1 Å². The van der Waals surface area contributed by atoms with E-state index in [1.165, 1.54) is 30.3 Å². The molecule has 2 N–H and O–H groups in total. The van der Waals surface area contributed by atoms with Gasteiger partial charge in [-0.2, -0.15) is 0 Å². The van der Waals surface area contributed by atoms with Crippen molar-refractivity contribution in [1.29, 1.82) is 0 Å². The molecule has 130 valence electrons. The second-order valence-electron chi connectivity index (χ2n) is 5.42. The van der Waals surface area contributed by atoms with Crippen LogP contribution in [-0.4, -0.2) is 17.0 Å². The van der Waals surface area contributed by atoms with Crippen LogP contribution in [0.1, 0.15) is 20.7 Å². The summed E-state index contributed by atoms with van der Waals surface area (Å²) in [5.74, 6) is -0.879. The van der Waals surface area contributed by atoms with Gasteiger partial charge >= 0.3 is 5.97 Å². The number of amides is 1. The van der Waals surface area contributed by atoms with E-state index in [0.717, 1.165) is 6.07 Å². The highest BCUT2D eigenvalue weighted by atomic mass is 19.1. The van der Waals surface area contributed by atoms with Crippen LogP contribution >= 0.6 is 0 Å². The molecule has 5 nitrogen and oxygen atoms in total. The number of carboxylic acids is 1. The molecule has 3 rings (SSSR count). The van der Waals surface area contributed by atoms with Crippen LogP contribution in [0.4, 0.5) is 10.1 Å². The first-order chi connectivity index (χ1) is 12.5. The number of hydrogen-bond donors (Lipinski definition) is 2. The molecular formula is C20H14FNO4. The predicted molar refractivity (Wildman–Crippen MR) is 94.3 cm³/mol. The second kappa shape index (κ2) is 7.48. The van der Waals surface area contributed by atoms with Crippen LogP contribution in [0, 0.1) is 5.82 Å². The molecule has 6 heteroatoms. The van der Waals surface area contributed by atoms with Gasteiger partial charge in [-0.05, 0) is 66.7 Å². The number of aromatic carboxylic acids is 1. The summed E-state index contributed by atoms with van der Waals surface area (Å²) in [5, 5.41) is 11.5. The molecule has 0 heterocycles. The Morgan fingerprint density at radius 1 is 0.846 bits per heavy atom. The van der Waals surface area contributed by atoms with Gasteiger partial charge in [-0.25, -0.2) is 9.18 Å². The fourth-order valence-electron chi connectivity index (χ4n) is 2.24. The molecule has 3 aromatic rings. The summed E-state index contributed by atoms with van der Waals surface area (Å²) in [6.07, 6.45) is 0. The Bertz CT molecular complexity index is 937. The molecule has 0 spiro atoms. The minimum atomic E-state index is -1.00. The first kappa shape index (κ1) is 17.2. The normalized spacial score (nSPS) is 10.2. The van der Waals surface area contributed by atoms with Gasteiger partial charge < -0.3 is 15.2 Å². The number of hydrogen-bond acceptors (Lipinski definition) is 3. The fourth-order valence-corrected chi connectivity index (χ4v) is 2.24. The van der Waals surface area contributed by atoms with E-state index in [9.17, 15) is 14.0 Å². The summed E-state index contributed by atoms with van der Waals surface area (Å²) in [4.78, 5) is 22.9. The summed E-state index contributed by atoms with van der Waals surface area (Å²) >= 11 is 0. The minimum absolute atomic E-state index is 0.174. The Morgan fingerprint density at radius 3 is 2.04 bits per heavy atom. The lowest BCUT2D eigenvalue weighted by Gasteiger charge is -2.08. The zero-order chi connectivity index (χ0) is 18.5. The Kier molecular flexibility index (Phi) is 4.94. The van der Waals surface area contributed by atoms with Gasteiger partial charge in [0.15, 0.2) is 0 Å². The monoisotopic (exact) mass is 351 g/mol. The fraction of sp³-hybridized carbons (Fsp3) is 0. The van der Waals surface area contributed by atoms with Crippen molar-refractivity contribution < 1.29 is 23.8 Å². The molecule has 0 saturated heterocycles. The molecule has 0 saturated carbocycles. The van der Waals surface area contributed by atoms with Crippen LogP contribution in [0.3, 0.4) is 0 Å². The van der Waals surface area contributed by atoms with Gasteiger partial charge in [0, 0.05) is 11.3 Å². The molecule has 0 aliphatic rings. The van der Waals surface area contributed by atoms with Crippen molar-refractivity contribution in [3.05, 3.63) is 89.7 Å². The Hall–Kier alpha value is -3.67. The number of rotatable bonds is 5. The molecule has 0 radical (unpaired) electrons. The number of carbonyl (C=O) groups excluding carboxylic acids is 1. The van der Waals surface area contributed by atoms with Gasteiger partial charge in [0.1, 0.15) is 17.3 Å². The van der Waals surface area contributed by atoms with E-state index in [0.29, 0.717) is 17.2 Å². The number of carbonyl (C=O) groups is 2. The van der Waals surface area contributed by atoms with E-state index < -0.39 is 17.7 Å². The maximum Gasteiger partial charge on any atom is 0.335 e. The maximum absolute atomic E-state index is 13.2. The summed E-state index contributed by atoms with van der Waals surface area (Å²) in [7, 11) is 0. The Morgan fingerprint density at radius 2 is 1.46 bits per heavy atom. The highest BCUT2D eigenvalue weighted by molar-refractivity contribution is 6.04. The van der Waals surface area contributed by atoms with Crippen molar-refractivity contribution in [2.24, 2.45) is 0 Å². The predicted octanol–water partition coefficient (Wildman–Crippen LogP) is 4.57. The third kappa shape index (κ3) is 4.24. The number of anilines is 1. The summed E-state index contributed by atoms with van der Waals surface area (Å²) in [5.41, 5.74) is 0.935. The summed E-state index contributed by atoms with van der Waals surface area (Å²) < 4.78 is 18.8. The van der Waals surface area contributed by atoms with E-state index in [4.69, 9.17) is 9.84 Å². The van der Waals surface area contributed by atoms with Gasteiger partial charge in [-0.1, -0.05) is 6.07 Å². The highest BCUT2D eigenvalue weighted by Gasteiger charge is 2.07. The topological polar surface area (TPSA) is 75.6 Å². The number of ether oxygens (including phenoxy) is 1. The maximum atomic E-state index is 13.2. The van der Waals surface area contributed by atoms with E-state index in [2.05, 4.69) is 5.32 Å². The third-order valence-corrected chi connectivity index (χ3v) is 3.54. The smallest absolute Gasteiger partial charge is 0.335 e. The average Bonchev–Trinajstić information content (AvgIpc) is 2.64. The lowest BCUT2D eigenvalue weighted by atomic mass is 10.2. The first-order valence-electron chi connectivity index (χ1n) is 7.69. The van der Waals surface area contributed by atoms with Crippen LogP contribution in [0.5, 0.6) is 11.5 Å². The molecule has 0 atom stereocenters. The van der Waals surface area contributed by atoms with Crippen molar-refractivity contribution in [2.45, 2.75) is 0 Å². The molecule has 0 bridgehead atoms. The van der Waals surface area contributed by atoms with Crippen LogP contribution in [-0.2, 0) is 0 Å².